The van der Waals surface area contributed by atoms with Crippen LogP contribution in [0.3, 0.4) is 0 Å². The lowest BCUT2D eigenvalue weighted by atomic mass is 9.47. The zero-order valence-electron chi connectivity index (χ0n) is 16.7. The molecule has 4 rings (SSSR count). The Morgan fingerprint density at radius 1 is 1.08 bits per heavy atom. The van der Waals surface area contributed by atoms with E-state index in [0.29, 0.717) is 30.0 Å². The molecule has 4 aliphatic rings. The zero-order chi connectivity index (χ0) is 18.5. The van der Waals surface area contributed by atoms with Crippen molar-refractivity contribution in [2.75, 3.05) is 6.61 Å². The van der Waals surface area contributed by atoms with Gasteiger partial charge in [0.25, 0.3) is 0 Å². The fourth-order valence-electron chi connectivity index (χ4n) is 6.88. The molecule has 0 N–H and O–H groups in total. The Balaban J connectivity index is 1.68. The van der Waals surface area contributed by atoms with Gasteiger partial charge in [0, 0.05) is 24.9 Å². The summed E-state index contributed by atoms with van der Waals surface area (Å²) in [6, 6.07) is 0. The first-order chi connectivity index (χ1) is 12.4. The minimum atomic E-state index is -0.100. The number of unbranched alkanes of at least 4 members (excludes halogenated alkanes) is 1. The molecule has 0 spiro atoms. The van der Waals surface area contributed by atoms with Gasteiger partial charge < -0.3 is 4.74 Å². The van der Waals surface area contributed by atoms with Gasteiger partial charge in [-0.15, -0.1) is 0 Å². The van der Waals surface area contributed by atoms with Crippen molar-refractivity contribution < 1.29 is 14.3 Å². The fraction of sp³-hybridized carbons (Fsp3) is 0.826. The van der Waals surface area contributed by atoms with E-state index >= 15 is 0 Å². The molecule has 3 nitrogen and oxygen atoms in total. The third-order valence-electron chi connectivity index (χ3n) is 8.48. The van der Waals surface area contributed by atoms with Crippen molar-refractivity contribution in [2.45, 2.75) is 84.7 Å². The minimum Gasteiger partial charge on any atom is -0.374 e. The second-order valence-corrected chi connectivity index (χ2v) is 9.73. The van der Waals surface area contributed by atoms with Crippen LogP contribution in [0, 0.1) is 28.6 Å². The normalized spacial score (nSPS) is 45.0. The maximum absolute atomic E-state index is 12.6. The van der Waals surface area contributed by atoms with Crippen LogP contribution in [-0.4, -0.2) is 24.3 Å². The van der Waals surface area contributed by atoms with E-state index in [1.165, 1.54) is 5.57 Å². The van der Waals surface area contributed by atoms with Crippen molar-refractivity contribution >= 4 is 11.6 Å². The Labute approximate surface area is 157 Å². The first-order valence-corrected chi connectivity index (χ1v) is 10.8. The third-order valence-corrected chi connectivity index (χ3v) is 8.48. The largest absolute Gasteiger partial charge is 0.374 e. The lowest BCUT2D eigenvalue weighted by molar-refractivity contribution is -0.136. The van der Waals surface area contributed by atoms with E-state index in [4.69, 9.17) is 4.74 Å². The highest BCUT2D eigenvalue weighted by Crippen LogP contribution is 2.64. The van der Waals surface area contributed by atoms with Gasteiger partial charge in [-0.3, -0.25) is 9.59 Å². The molecular formula is C23H34O3. The highest BCUT2D eigenvalue weighted by Gasteiger charge is 2.60. The van der Waals surface area contributed by atoms with Crippen molar-refractivity contribution in [3.63, 3.8) is 0 Å². The maximum Gasteiger partial charge on any atom is 0.155 e. The topological polar surface area (TPSA) is 43.4 Å². The molecule has 26 heavy (non-hydrogen) atoms. The van der Waals surface area contributed by atoms with Gasteiger partial charge in [0.2, 0.25) is 0 Å². The van der Waals surface area contributed by atoms with Crippen LogP contribution in [0.25, 0.3) is 0 Å². The molecule has 0 aliphatic heterocycles. The Kier molecular flexibility index (Phi) is 4.66. The van der Waals surface area contributed by atoms with E-state index in [9.17, 15) is 9.59 Å². The molecule has 0 saturated heterocycles. The molecule has 144 valence electrons. The molecule has 0 heterocycles. The minimum absolute atomic E-state index is 0.0788. The molecule has 4 aliphatic carbocycles. The molecule has 3 heteroatoms. The summed E-state index contributed by atoms with van der Waals surface area (Å²) in [6.07, 6.45) is 10.9. The molecule has 6 atom stereocenters. The summed E-state index contributed by atoms with van der Waals surface area (Å²) in [7, 11) is 0. The van der Waals surface area contributed by atoms with Crippen LogP contribution in [0.4, 0.5) is 0 Å². The van der Waals surface area contributed by atoms with Crippen molar-refractivity contribution in [3.05, 3.63) is 11.6 Å². The molecule has 0 amide bonds. The Bertz CT molecular complexity index is 635. The molecule has 0 bridgehead atoms. The van der Waals surface area contributed by atoms with Gasteiger partial charge in [-0.25, -0.2) is 0 Å². The summed E-state index contributed by atoms with van der Waals surface area (Å²) in [6.45, 7) is 7.58. The van der Waals surface area contributed by atoms with Crippen molar-refractivity contribution in [1.82, 2.24) is 0 Å². The average molecular weight is 359 g/mol. The lowest BCUT2D eigenvalue weighted by Crippen LogP contribution is -2.54. The summed E-state index contributed by atoms with van der Waals surface area (Å²) in [4.78, 5) is 24.8. The highest BCUT2D eigenvalue weighted by molar-refractivity contribution is 5.92. The van der Waals surface area contributed by atoms with Crippen LogP contribution in [0.1, 0.15) is 78.6 Å². The Morgan fingerprint density at radius 2 is 1.85 bits per heavy atom. The number of carbonyl (C=O) groups excluding carboxylic acids is 2. The van der Waals surface area contributed by atoms with E-state index in [1.807, 2.05) is 6.08 Å². The predicted molar refractivity (Wildman–Crippen MR) is 102 cm³/mol. The van der Waals surface area contributed by atoms with E-state index in [1.54, 1.807) is 0 Å². The van der Waals surface area contributed by atoms with Gasteiger partial charge in [-0.2, -0.15) is 0 Å². The number of ether oxygens (including phenoxy) is 1. The quantitative estimate of drug-likeness (QED) is 0.673. The second kappa shape index (κ2) is 6.58. The Hall–Kier alpha value is -0.960. The van der Waals surface area contributed by atoms with Gasteiger partial charge in [0.1, 0.15) is 5.78 Å². The zero-order valence-corrected chi connectivity index (χ0v) is 16.7. The average Bonchev–Trinajstić information content (AvgIpc) is 2.92. The van der Waals surface area contributed by atoms with Crippen molar-refractivity contribution in [2.24, 2.45) is 28.6 Å². The Morgan fingerprint density at radius 3 is 2.62 bits per heavy atom. The van der Waals surface area contributed by atoms with E-state index in [-0.39, 0.29) is 22.7 Å². The van der Waals surface area contributed by atoms with Crippen LogP contribution in [0.2, 0.25) is 0 Å². The number of fused-ring (bicyclic) bond motifs is 5. The number of hydrogen-bond donors (Lipinski definition) is 0. The van der Waals surface area contributed by atoms with Crippen molar-refractivity contribution in [3.8, 4) is 0 Å². The molecular weight excluding hydrogens is 324 g/mol. The molecule has 3 fully saturated rings. The monoisotopic (exact) mass is 358 g/mol. The van der Waals surface area contributed by atoms with Gasteiger partial charge in [-0.1, -0.05) is 27.2 Å². The highest BCUT2D eigenvalue weighted by atomic mass is 16.5. The first-order valence-electron chi connectivity index (χ1n) is 10.8. The van der Waals surface area contributed by atoms with Gasteiger partial charge in [-0.05, 0) is 73.3 Å². The maximum atomic E-state index is 12.6. The fourth-order valence-corrected chi connectivity index (χ4v) is 6.88. The van der Waals surface area contributed by atoms with Crippen LogP contribution >= 0.6 is 0 Å². The number of ketones is 2. The van der Waals surface area contributed by atoms with E-state index in [2.05, 4.69) is 20.8 Å². The van der Waals surface area contributed by atoms with Crippen LogP contribution in [-0.2, 0) is 14.3 Å². The van der Waals surface area contributed by atoms with Gasteiger partial charge >= 0.3 is 0 Å². The molecule has 0 unspecified atom stereocenters. The molecule has 0 aromatic carbocycles. The predicted octanol–water partition coefficient (Wildman–Crippen LogP) is 4.88. The van der Waals surface area contributed by atoms with E-state index in [0.717, 1.165) is 58.0 Å². The second-order valence-electron chi connectivity index (χ2n) is 9.73. The smallest absolute Gasteiger partial charge is 0.155 e. The van der Waals surface area contributed by atoms with Crippen LogP contribution < -0.4 is 0 Å². The van der Waals surface area contributed by atoms with Gasteiger partial charge in [0.15, 0.2) is 5.78 Å². The molecule has 0 aromatic rings. The number of Topliss-reactive ketones (excluding diaryl/α,β-unsaturated/α-hetero) is 1. The molecule has 0 radical (unpaired) electrons. The summed E-state index contributed by atoms with van der Waals surface area (Å²) >= 11 is 0. The summed E-state index contributed by atoms with van der Waals surface area (Å²) < 4.78 is 6.36. The summed E-state index contributed by atoms with van der Waals surface area (Å²) in [5.74, 6) is 2.47. The van der Waals surface area contributed by atoms with Crippen LogP contribution in [0.15, 0.2) is 11.6 Å². The first kappa shape index (κ1) is 18.4. The summed E-state index contributed by atoms with van der Waals surface area (Å²) in [5, 5.41) is 0. The standard InChI is InChI=1S/C23H34O3/c1-4-5-12-26-20-14-16-17-6-7-21(25)23(17,3)11-9-18(16)22(2)10-8-15(24)13-19(20)22/h13,16-18,20H,4-12,14H2,1-3H3/t16-,17-,18-,20-,22+,23-/m0/s1. The number of carbonyl (C=O) groups is 2. The van der Waals surface area contributed by atoms with Gasteiger partial charge in [0.05, 0.1) is 6.10 Å². The van der Waals surface area contributed by atoms with Crippen LogP contribution in [0.5, 0.6) is 0 Å². The van der Waals surface area contributed by atoms with E-state index < -0.39 is 0 Å². The SMILES string of the molecule is CCCCO[C@H]1C[C@@H]2[C@H](CC[C@]3(C)C(=O)CC[C@@H]23)[C@@]2(C)CCC(=O)C=C12. The number of rotatable bonds is 4. The number of hydrogen-bond acceptors (Lipinski definition) is 3. The van der Waals surface area contributed by atoms with Crippen molar-refractivity contribution in [1.29, 1.82) is 0 Å². The summed E-state index contributed by atoms with van der Waals surface area (Å²) in [5.41, 5.74) is 1.26. The molecule has 0 aromatic heterocycles. The molecule has 3 saturated carbocycles. The lowest BCUT2D eigenvalue weighted by Gasteiger charge is -2.58. The third kappa shape index (κ3) is 2.65.